The second-order valence-electron chi connectivity index (χ2n) is 15.1. The number of fused-ring (bicyclic) bond motifs is 13. The summed E-state index contributed by atoms with van der Waals surface area (Å²) in [7, 11) is 0. The average molecular weight is 689 g/mol. The van der Waals surface area contributed by atoms with Gasteiger partial charge in [-0.3, -0.25) is 0 Å². The summed E-state index contributed by atoms with van der Waals surface area (Å²) in [6.07, 6.45) is 0. The van der Waals surface area contributed by atoms with E-state index < -0.39 is 0 Å². The van der Waals surface area contributed by atoms with E-state index in [1.807, 2.05) is 12.1 Å². The first kappa shape index (κ1) is 29.5. The summed E-state index contributed by atoms with van der Waals surface area (Å²) in [6, 6.07) is 63.7. The molecule has 0 atom stereocenters. The normalized spacial score (nSPS) is 13.4. The van der Waals surface area contributed by atoms with Gasteiger partial charge in [0, 0.05) is 38.0 Å². The van der Waals surface area contributed by atoms with Gasteiger partial charge in [-0.05, 0) is 94.0 Å². The molecule has 3 heterocycles. The molecule has 0 spiro atoms. The van der Waals surface area contributed by atoms with E-state index in [0.29, 0.717) is 0 Å². The molecule has 0 amide bonds. The molecule has 0 fully saturated rings. The van der Waals surface area contributed by atoms with E-state index in [1.165, 1.54) is 55.1 Å². The molecule has 0 saturated carbocycles. The van der Waals surface area contributed by atoms with E-state index in [1.54, 1.807) is 0 Å². The number of para-hydroxylation sites is 3. The Labute approximate surface area is 311 Å². The summed E-state index contributed by atoms with van der Waals surface area (Å²) in [5.41, 5.74) is 16.2. The van der Waals surface area contributed by atoms with Gasteiger partial charge in [-0.1, -0.05) is 123 Å². The van der Waals surface area contributed by atoms with Crippen molar-refractivity contribution in [2.45, 2.75) is 19.3 Å². The van der Waals surface area contributed by atoms with Crippen LogP contribution in [0.15, 0.2) is 162 Å². The van der Waals surface area contributed by atoms with Gasteiger partial charge in [-0.25, -0.2) is 0 Å². The zero-order chi connectivity index (χ0) is 35.7. The number of aromatic nitrogens is 2. The van der Waals surface area contributed by atoms with E-state index in [-0.39, 0.29) is 5.41 Å². The highest BCUT2D eigenvalue weighted by atomic mass is 16.3. The first-order valence-corrected chi connectivity index (χ1v) is 18.6. The molecule has 252 valence electrons. The standard InChI is InChI=1S/C51H32N2O/c1-51(2)42-19-9-6-15-34(42)37-25-26-38-41-30-32(31-23-27-44-40(29-31)35-16-7-10-20-43(35)52(44)33-13-4-3-5-14-33)24-28-45(41)53(49(38)48(37)51)46-21-12-18-39-36-17-8-11-22-47(36)54-50(39)46/h3-6,8-15,17-30H,1-2H3. The average Bonchev–Trinajstić information content (AvgIpc) is 3.93. The van der Waals surface area contributed by atoms with E-state index >= 15 is 0 Å². The Morgan fingerprint density at radius 1 is 0.537 bits per heavy atom. The van der Waals surface area contributed by atoms with Crippen LogP contribution in [0.4, 0.5) is 0 Å². The third-order valence-electron chi connectivity index (χ3n) is 11.9. The molecule has 0 N–H and O–H groups in total. The van der Waals surface area contributed by atoms with Crippen LogP contribution in [0.2, 0.25) is 0 Å². The Bertz CT molecular complexity index is 3350. The quantitative estimate of drug-likeness (QED) is 0.181. The van der Waals surface area contributed by atoms with Crippen LogP contribution >= 0.6 is 0 Å². The smallest absolute Gasteiger partial charge is 0.159 e. The van der Waals surface area contributed by atoms with Crippen LogP contribution < -0.4 is 0 Å². The fraction of sp³-hybridized carbons (Fsp3) is 0.0588. The highest BCUT2D eigenvalue weighted by Crippen LogP contribution is 2.53. The zero-order valence-corrected chi connectivity index (χ0v) is 29.8. The van der Waals surface area contributed by atoms with Gasteiger partial charge >= 0.3 is 0 Å². The molecule has 3 heteroatoms. The maximum absolute atomic E-state index is 6.71. The van der Waals surface area contributed by atoms with Crippen molar-refractivity contribution in [1.82, 2.24) is 9.13 Å². The minimum Gasteiger partial charge on any atom is -0.454 e. The molecule has 54 heavy (non-hydrogen) atoms. The first-order valence-electron chi connectivity index (χ1n) is 18.6. The summed E-state index contributed by atoms with van der Waals surface area (Å²) < 4.78 is 11.5. The van der Waals surface area contributed by atoms with Crippen LogP contribution in [0.5, 0.6) is 0 Å². The summed E-state index contributed by atoms with van der Waals surface area (Å²) in [5.74, 6) is 0. The number of benzene rings is 7. The van der Waals surface area contributed by atoms with E-state index in [0.717, 1.165) is 55.2 Å². The van der Waals surface area contributed by atoms with Gasteiger partial charge in [0.05, 0.1) is 33.1 Å². The van der Waals surface area contributed by atoms with Crippen LogP contribution in [-0.4, -0.2) is 9.13 Å². The third kappa shape index (κ3) is 3.82. The Balaban J connectivity index is 1.15. The maximum atomic E-state index is 6.71. The zero-order valence-electron chi connectivity index (χ0n) is 29.8. The Morgan fingerprint density at radius 3 is 2.15 bits per heavy atom. The molecule has 0 unspecified atom stereocenters. The van der Waals surface area contributed by atoms with Crippen molar-refractivity contribution in [3.05, 3.63) is 181 Å². The van der Waals surface area contributed by atoms with Gasteiger partial charge in [0.1, 0.15) is 5.58 Å². The molecule has 0 saturated heterocycles. The summed E-state index contributed by atoms with van der Waals surface area (Å²) in [4.78, 5) is 0. The van der Waals surface area contributed by atoms with Crippen LogP contribution in [0.25, 0.3) is 99.2 Å². The van der Waals surface area contributed by atoms with Crippen molar-refractivity contribution >= 4 is 65.6 Å². The lowest BCUT2D eigenvalue weighted by atomic mass is 9.81. The fourth-order valence-corrected chi connectivity index (χ4v) is 9.57. The second-order valence-corrected chi connectivity index (χ2v) is 15.1. The van der Waals surface area contributed by atoms with Crippen molar-refractivity contribution in [3.63, 3.8) is 0 Å². The van der Waals surface area contributed by atoms with Gasteiger partial charge in [0.2, 0.25) is 0 Å². The SMILES string of the molecule is CC1(C)c2ccccc2-c2ccc3c4cc(-c5ccc6c(c5)c5c#cccc5n6-c5ccccc5)ccc4n(-c4cccc5c4oc4ccccc45)c3c21. The lowest BCUT2D eigenvalue weighted by Crippen LogP contribution is -2.16. The Morgan fingerprint density at radius 2 is 1.28 bits per heavy atom. The number of hydrogen-bond donors (Lipinski definition) is 0. The van der Waals surface area contributed by atoms with Crippen LogP contribution in [-0.2, 0) is 5.41 Å². The predicted molar refractivity (Wildman–Crippen MR) is 223 cm³/mol. The minimum absolute atomic E-state index is 0.201. The van der Waals surface area contributed by atoms with Crippen molar-refractivity contribution in [2.75, 3.05) is 0 Å². The molecule has 1 aliphatic rings. The van der Waals surface area contributed by atoms with Gasteiger partial charge in [0.25, 0.3) is 0 Å². The van der Waals surface area contributed by atoms with Gasteiger partial charge < -0.3 is 13.6 Å². The summed E-state index contributed by atoms with van der Waals surface area (Å²) in [6.45, 7) is 4.75. The molecular weight excluding hydrogens is 657 g/mol. The molecule has 11 aromatic rings. The molecule has 0 radical (unpaired) electrons. The highest BCUT2D eigenvalue weighted by molar-refractivity contribution is 6.16. The highest BCUT2D eigenvalue weighted by Gasteiger charge is 2.38. The van der Waals surface area contributed by atoms with Crippen molar-refractivity contribution < 1.29 is 4.42 Å². The fourth-order valence-electron chi connectivity index (χ4n) is 9.57. The number of nitrogens with zero attached hydrogens (tertiary/aromatic N) is 2. The monoisotopic (exact) mass is 688 g/mol. The second kappa shape index (κ2) is 10.5. The van der Waals surface area contributed by atoms with Crippen LogP contribution in [0, 0.1) is 12.1 Å². The van der Waals surface area contributed by atoms with E-state index in [2.05, 4.69) is 181 Å². The lowest BCUT2D eigenvalue weighted by molar-refractivity contribution is 0.660. The maximum Gasteiger partial charge on any atom is 0.159 e. The molecular formula is C51H32N2O. The number of rotatable bonds is 3. The number of hydrogen-bond acceptors (Lipinski definition) is 1. The molecule has 12 rings (SSSR count). The molecule has 1 aliphatic carbocycles. The van der Waals surface area contributed by atoms with Gasteiger partial charge in [0.15, 0.2) is 5.58 Å². The Kier molecular flexibility index (Phi) is 5.76. The molecule has 8 aromatic carbocycles. The van der Waals surface area contributed by atoms with E-state index in [9.17, 15) is 0 Å². The first-order chi connectivity index (χ1) is 26.6. The van der Waals surface area contributed by atoms with Crippen molar-refractivity contribution in [3.8, 4) is 33.6 Å². The van der Waals surface area contributed by atoms with Crippen LogP contribution in [0.1, 0.15) is 25.0 Å². The third-order valence-corrected chi connectivity index (χ3v) is 11.9. The molecule has 3 nitrogen and oxygen atoms in total. The Hall–Kier alpha value is -7.02. The van der Waals surface area contributed by atoms with Gasteiger partial charge in [-0.15, -0.1) is 0 Å². The van der Waals surface area contributed by atoms with E-state index in [4.69, 9.17) is 4.42 Å². The molecule has 3 aromatic heterocycles. The molecule has 0 aliphatic heterocycles. The lowest BCUT2D eigenvalue weighted by Gasteiger charge is -2.23. The topological polar surface area (TPSA) is 23.0 Å². The minimum atomic E-state index is -0.201. The van der Waals surface area contributed by atoms with Crippen molar-refractivity contribution in [2.24, 2.45) is 0 Å². The molecule has 0 bridgehead atoms. The summed E-state index contributed by atoms with van der Waals surface area (Å²) in [5, 5.41) is 6.96. The van der Waals surface area contributed by atoms with Crippen LogP contribution in [0.3, 0.4) is 0 Å². The number of furan rings is 1. The predicted octanol–water partition coefficient (Wildman–Crippen LogP) is 13.4. The largest absolute Gasteiger partial charge is 0.454 e. The summed E-state index contributed by atoms with van der Waals surface area (Å²) >= 11 is 0. The van der Waals surface area contributed by atoms with Gasteiger partial charge in [-0.2, -0.15) is 0 Å². The van der Waals surface area contributed by atoms with Crippen molar-refractivity contribution in [1.29, 1.82) is 0 Å².